The summed E-state index contributed by atoms with van der Waals surface area (Å²) in [6.45, 7) is 3.17. The zero-order chi connectivity index (χ0) is 20.4. The topological polar surface area (TPSA) is 127 Å². The minimum Gasteiger partial charge on any atom is -0.369 e. The Morgan fingerprint density at radius 2 is 1.50 bits per heavy atom. The molecule has 144 valence electrons. The smallest absolute Gasteiger partial charge is 0.269 e. The second kappa shape index (κ2) is 7.57. The Balaban J connectivity index is 2.05. The molecule has 2 aromatic carbocycles. The highest BCUT2D eigenvalue weighted by Crippen LogP contribution is 2.33. The van der Waals surface area contributed by atoms with Crippen molar-refractivity contribution in [1.82, 2.24) is 10.6 Å². The first kappa shape index (κ1) is 19.2. The molecule has 9 heteroatoms. The molecule has 0 aromatic heterocycles. The molecule has 0 fully saturated rings. The summed E-state index contributed by atoms with van der Waals surface area (Å²) in [4.78, 5) is 33.5. The number of ketones is 1. The van der Waals surface area contributed by atoms with E-state index >= 15 is 0 Å². The molecular formula is C19H18N4O5. The van der Waals surface area contributed by atoms with Crippen molar-refractivity contribution in [2.45, 2.75) is 26.1 Å². The van der Waals surface area contributed by atoms with E-state index < -0.39 is 22.1 Å². The molecular weight excluding hydrogens is 364 g/mol. The van der Waals surface area contributed by atoms with Crippen molar-refractivity contribution in [3.8, 4) is 0 Å². The fraction of sp³-hybridized carbons (Fsp3) is 0.211. The number of nitrogens with zero attached hydrogens (tertiary/aromatic N) is 2. The number of carbonyl (C=O) groups is 1. The zero-order valence-electron chi connectivity index (χ0n) is 15.2. The Morgan fingerprint density at radius 3 is 2.04 bits per heavy atom. The first-order valence-electron chi connectivity index (χ1n) is 8.51. The van der Waals surface area contributed by atoms with Gasteiger partial charge in [0.05, 0.1) is 15.9 Å². The summed E-state index contributed by atoms with van der Waals surface area (Å²) in [5.41, 5.74) is 2.13. The minimum absolute atomic E-state index is 0.0491. The van der Waals surface area contributed by atoms with Crippen molar-refractivity contribution < 1.29 is 14.6 Å². The number of Topliss-reactive ketones (excluding diaryl/α,β-unsaturated/α-hetero) is 1. The molecule has 2 N–H and O–H groups in total. The standard InChI is InChI=1S/C19H18N4O5/c1-11-17(12(2)24)18(13-5-3-7-15(9-13)22(25)26)21-19(20-11)14-6-4-8-16(10-14)23(27)28/h3-10,18-21H,1-2H3. The molecule has 2 atom stereocenters. The van der Waals surface area contributed by atoms with E-state index in [2.05, 4.69) is 10.6 Å². The maximum Gasteiger partial charge on any atom is 0.269 e. The minimum atomic E-state index is -0.595. The van der Waals surface area contributed by atoms with Crippen LogP contribution in [0.4, 0.5) is 11.4 Å². The molecule has 0 aliphatic carbocycles. The van der Waals surface area contributed by atoms with Gasteiger partial charge in [-0.15, -0.1) is 0 Å². The molecule has 0 spiro atoms. The van der Waals surface area contributed by atoms with Gasteiger partial charge in [-0.25, -0.2) is 0 Å². The van der Waals surface area contributed by atoms with E-state index in [1.54, 1.807) is 31.2 Å². The van der Waals surface area contributed by atoms with Gasteiger partial charge in [0.15, 0.2) is 5.78 Å². The molecule has 0 radical (unpaired) electrons. The van der Waals surface area contributed by atoms with Gasteiger partial charge in [0.25, 0.3) is 11.4 Å². The van der Waals surface area contributed by atoms with Gasteiger partial charge in [-0.2, -0.15) is 0 Å². The normalized spacial score (nSPS) is 19.1. The first-order valence-corrected chi connectivity index (χ1v) is 8.51. The van der Waals surface area contributed by atoms with E-state index in [1.807, 2.05) is 0 Å². The highest BCUT2D eigenvalue weighted by atomic mass is 16.6. The van der Waals surface area contributed by atoms with Gasteiger partial charge in [-0.3, -0.25) is 30.3 Å². The fourth-order valence-electron chi connectivity index (χ4n) is 3.35. The third-order valence-electron chi connectivity index (χ3n) is 4.59. The van der Waals surface area contributed by atoms with Crippen LogP contribution in [-0.2, 0) is 4.79 Å². The lowest BCUT2D eigenvalue weighted by atomic mass is 9.91. The van der Waals surface area contributed by atoms with Gasteiger partial charge in [0.1, 0.15) is 6.17 Å². The van der Waals surface area contributed by atoms with Crippen molar-refractivity contribution >= 4 is 17.2 Å². The Kier molecular flexibility index (Phi) is 5.18. The molecule has 0 bridgehead atoms. The van der Waals surface area contributed by atoms with Crippen LogP contribution >= 0.6 is 0 Å². The van der Waals surface area contributed by atoms with Crippen LogP contribution in [0, 0.1) is 20.2 Å². The van der Waals surface area contributed by atoms with Crippen LogP contribution in [0.25, 0.3) is 0 Å². The highest BCUT2D eigenvalue weighted by molar-refractivity contribution is 5.95. The second-order valence-electron chi connectivity index (χ2n) is 6.48. The quantitative estimate of drug-likeness (QED) is 0.600. The predicted molar refractivity (Wildman–Crippen MR) is 101 cm³/mol. The van der Waals surface area contributed by atoms with E-state index in [0.717, 1.165) is 0 Å². The van der Waals surface area contributed by atoms with E-state index in [1.165, 1.54) is 31.2 Å². The molecule has 1 aliphatic heterocycles. The number of nitrogens with one attached hydrogen (secondary N) is 2. The predicted octanol–water partition coefficient (Wildman–Crippen LogP) is 3.30. The van der Waals surface area contributed by atoms with E-state index in [-0.39, 0.29) is 17.2 Å². The monoisotopic (exact) mass is 382 g/mol. The fourth-order valence-corrected chi connectivity index (χ4v) is 3.35. The van der Waals surface area contributed by atoms with Crippen LogP contribution in [0.1, 0.15) is 37.2 Å². The molecule has 0 saturated heterocycles. The van der Waals surface area contributed by atoms with Crippen molar-refractivity contribution in [1.29, 1.82) is 0 Å². The summed E-state index contributed by atoms with van der Waals surface area (Å²) < 4.78 is 0. The lowest BCUT2D eigenvalue weighted by Crippen LogP contribution is -2.43. The zero-order valence-corrected chi connectivity index (χ0v) is 15.2. The maximum atomic E-state index is 12.2. The number of nitro benzene ring substituents is 2. The summed E-state index contributed by atoms with van der Waals surface area (Å²) in [5, 5.41) is 28.6. The average molecular weight is 382 g/mol. The Labute approximate surface area is 160 Å². The van der Waals surface area contributed by atoms with Gasteiger partial charge >= 0.3 is 0 Å². The van der Waals surface area contributed by atoms with Gasteiger partial charge < -0.3 is 5.32 Å². The maximum absolute atomic E-state index is 12.2. The molecule has 0 amide bonds. The number of non-ortho nitro benzene ring substituents is 2. The molecule has 0 saturated carbocycles. The Morgan fingerprint density at radius 1 is 0.964 bits per heavy atom. The van der Waals surface area contributed by atoms with Gasteiger partial charge in [0, 0.05) is 35.5 Å². The highest BCUT2D eigenvalue weighted by Gasteiger charge is 2.32. The van der Waals surface area contributed by atoms with Gasteiger partial charge in [0.2, 0.25) is 0 Å². The molecule has 28 heavy (non-hydrogen) atoms. The van der Waals surface area contributed by atoms with Crippen LogP contribution in [0.5, 0.6) is 0 Å². The van der Waals surface area contributed by atoms with Crippen molar-refractivity contribution in [3.05, 3.63) is 91.2 Å². The third-order valence-corrected chi connectivity index (χ3v) is 4.59. The summed E-state index contributed by atoms with van der Waals surface area (Å²) in [6.07, 6.45) is -0.507. The summed E-state index contributed by atoms with van der Waals surface area (Å²) >= 11 is 0. The van der Waals surface area contributed by atoms with Gasteiger partial charge in [-0.1, -0.05) is 24.3 Å². The van der Waals surface area contributed by atoms with Crippen LogP contribution in [0.15, 0.2) is 59.8 Å². The second-order valence-corrected chi connectivity index (χ2v) is 6.48. The van der Waals surface area contributed by atoms with E-state index in [9.17, 15) is 25.0 Å². The SMILES string of the molecule is CC(=O)C1=C(C)NC(c2cccc([N+](=O)[O-])c2)NC1c1cccc([N+](=O)[O-])c1. The molecule has 1 heterocycles. The Bertz CT molecular complexity index is 1000. The van der Waals surface area contributed by atoms with Gasteiger partial charge in [-0.05, 0) is 25.0 Å². The number of hydrogen-bond donors (Lipinski definition) is 2. The first-order chi connectivity index (χ1) is 13.3. The number of benzene rings is 2. The third kappa shape index (κ3) is 3.74. The number of hydrogen-bond acceptors (Lipinski definition) is 7. The average Bonchev–Trinajstić information content (AvgIpc) is 2.67. The number of allylic oxidation sites excluding steroid dienone is 1. The summed E-state index contributed by atoms with van der Waals surface area (Å²) in [5.74, 6) is -0.175. The number of carbonyl (C=O) groups excluding carboxylic acids is 1. The largest absolute Gasteiger partial charge is 0.369 e. The number of rotatable bonds is 5. The lowest BCUT2D eigenvalue weighted by molar-refractivity contribution is -0.385. The van der Waals surface area contributed by atoms with Crippen LogP contribution in [-0.4, -0.2) is 15.6 Å². The van der Waals surface area contributed by atoms with Crippen LogP contribution in [0.2, 0.25) is 0 Å². The molecule has 2 aromatic rings. The van der Waals surface area contributed by atoms with Crippen molar-refractivity contribution in [3.63, 3.8) is 0 Å². The molecule has 1 aliphatic rings. The van der Waals surface area contributed by atoms with Crippen molar-refractivity contribution in [2.24, 2.45) is 0 Å². The molecule has 3 rings (SSSR count). The molecule has 9 nitrogen and oxygen atoms in total. The van der Waals surface area contributed by atoms with E-state index in [4.69, 9.17) is 0 Å². The van der Waals surface area contributed by atoms with Crippen molar-refractivity contribution in [2.75, 3.05) is 0 Å². The summed E-state index contributed by atoms with van der Waals surface area (Å²) in [6, 6.07) is 11.6. The van der Waals surface area contributed by atoms with Crippen LogP contribution in [0.3, 0.4) is 0 Å². The van der Waals surface area contributed by atoms with Crippen LogP contribution < -0.4 is 10.6 Å². The van der Waals surface area contributed by atoms with E-state index in [0.29, 0.717) is 22.4 Å². The molecule has 2 unspecified atom stereocenters. The lowest BCUT2D eigenvalue weighted by Gasteiger charge is -2.35. The summed E-state index contributed by atoms with van der Waals surface area (Å²) in [7, 11) is 0. The number of nitro groups is 2. The Hall–Kier alpha value is -3.59.